The van der Waals surface area contributed by atoms with Crippen LogP contribution in [0.3, 0.4) is 0 Å². The molecule has 13 heteroatoms. The average Bonchev–Trinajstić information content (AvgIpc) is 3.27. The minimum absolute atomic E-state index is 0.0577. The SMILES string of the molecule is O=C(Cc1cccc(-c2cnc3cc(-c4ncc(C(F)(F)F)c(NC5CCC5)n4)ccn23)c1)NCC(F)(F)F. The van der Waals surface area contributed by atoms with Gasteiger partial charge in [0.2, 0.25) is 5.91 Å². The van der Waals surface area contributed by atoms with Crippen molar-refractivity contribution in [2.24, 2.45) is 0 Å². The van der Waals surface area contributed by atoms with E-state index in [9.17, 15) is 31.1 Å². The molecule has 1 aliphatic rings. The van der Waals surface area contributed by atoms with Crippen molar-refractivity contribution in [3.05, 3.63) is 66.1 Å². The van der Waals surface area contributed by atoms with Gasteiger partial charge in [0.1, 0.15) is 23.6 Å². The molecule has 0 atom stereocenters. The molecule has 3 heterocycles. The maximum atomic E-state index is 13.5. The number of aromatic nitrogens is 4. The summed E-state index contributed by atoms with van der Waals surface area (Å²) in [5.41, 5.74) is 1.87. The molecule has 7 nitrogen and oxygen atoms in total. The van der Waals surface area contributed by atoms with Gasteiger partial charge in [0.15, 0.2) is 5.82 Å². The Morgan fingerprint density at radius 3 is 2.49 bits per heavy atom. The lowest BCUT2D eigenvalue weighted by Gasteiger charge is -2.28. The summed E-state index contributed by atoms with van der Waals surface area (Å²) in [6, 6.07) is 10.0. The molecule has 2 N–H and O–H groups in total. The van der Waals surface area contributed by atoms with E-state index in [0.29, 0.717) is 28.0 Å². The van der Waals surface area contributed by atoms with Crippen molar-refractivity contribution >= 4 is 17.4 Å². The number of rotatable bonds is 7. The van der Waals surface area contributed by atoms with E-state index in [1.807, 2.05) is 5.32 Å². The Bertz CT molecular complexity index is 1510. The van der Waals surface area contributed by atoms with E-state index in [1.54, 1.807) is 53.2 Å². The number of alkyl halides is 6. The van der Waals surface area contributed by atoms with Crippen molar-refractivity contribution in [2.45, 2.75) is 44.1 Å². The first-order valence-corrected chi connectivity index (χ1v) is 12.1. The molecule has 4 aromatic rings. The number of hydrogen-bond acceptors (Lipinski definition) is 5. The van der Waals surface area contributed by atoms with E-state index in [-0.39, 0.29) is 24.1 Å². The summed E-state index contributed by atoms with van der Waals surface area (Å²) in [6.45, 7) is -1.40. The number of anilines is 1. The summed E-state index contributed by atoms with van der Waals surface area (Å²) in [7, 11) is 0. The van der Waals surface area contributed by atoms with Gasteiger partial charge in [0.25, 0.3) is 0 Å². The number of fused-ring (bicyclic) bond motifs is 1. The van der Waals surface area contributed by atoms with Gasteiger partial charge in [-0.15, -0.1) is 0 Å². The first-order valence-electron chi connectivity index (χ1n) is 12.1. The molecule has 1 aliphatic carbocycles. The minimum atomic E-state index is -4.60. The molecule has 1 amide bonds. The second-order valence-electron chi connectivity index (χ2n) is 9.28. The zero-order valence-corrected chi connectivity index (χ0v) is 20.3. The molecule has 0 bridgehead atoms. The van der Waals surface area contributed by atoms with Crippen molar-refractivity contribution in [1.82, 2.24) is 24.7 Å². The molecule has 0 saturated heterocycles. The largest absolute Gasteiger partial charge is 0.421 e. The third kappa shape index (κ3) is 6.13. The Morgan fingerprint density at radius 2 is 1.79 bits per heavy atom. The van der Waals surface area contributed by atoms with Gasteiger partial charge in [-0.2, -0.15) is 26.3 Å². The quantitative estimate of drug-likeness (QED) is 0.291. The van der Waals surface area contributed by atoms with Crippen molar-refractivity contribution in [3.8, 4) is 22.6 Å². The van der Waals surface area contributed by atoms with Crippen molar-refractivity contribution in [3.63, 3.8) is 0 Å². The zero-order chi connectivity index (χ0) is 27.8. The number of carbonyl (C=O) groups excluding carboxylic acids is 1. The first kappa shape index (κ1) is 26.4. The van der Waals surface area contributed by atoms with Gasteiger partial charge in [-0.1, -0.05) is 18.2 Å². The molecular formula is C26H22F6N6O. The second kappa shape index (κ2) is 10.2. The Labute approximate surface area is 218 Å². The highest BCUT2D eigenvalue weighted by Gasteiger charge is 2.36. The number of pyridine rings is 1. The summed E-state index contributed by atoms with van der Waals surface area (Å²) in [6.07, 6.45) is -2.78. The number of benzene rings is 1. The van der Waals surface area contributed by atoms with E-state index in [2.05, 4.69) is 20.3 Å². The fourth-order valence-corrected chi connectivity index (χ4v) is 4.20. The molecule has 1 aromatic carbocycles. The number of amides is 1. The van der Waals surface area contributed by atoms with Gasteiger partial charge >= 0.3 is 12.4 Å². The molecule has 3 aromatic heterocycles. The summed E-state index contributed by atoms with van der Waals surface area (Å²) >= 11 is 0. The topological polar surface area (TPSA) is 84.2 Å². The van der Waals surface area contributed by atoms with Crippen LogP contribution in [0.25, 0.3) is 28.3 Å². The van der Waals surface area contributed by atoms with Crippen LogP contribution >= 0.6 is 0 Å². The Kier molecular flexibility index (Phi) is 6.91. The summed E-state index contributed by atoms with van der Waals surface area (Å²) in [5, 5.41) is 4.73. The lowest BCUT2D eigenvalue weighted by molar-refractivity contribution is -0.138. The number of nitrogens with zero attached hydrogens (tertiary/aromatic N) is 4. The molecule has 39 heavy (non-hydrogen) atoms. The van der Waals surface area contributed by atoms with Crippen molar-refractivity contribution < 1.29 is 31.1 Å². The highest BCUT2D eigenvalue weighted by atomic mass is 19.4. The van der Waals surface area contributed by atoms with Crippen LogP contribution in [0.15, 0.2) is 55.0 Å². The number of nitrogens with one attached hydrogen (secondary N) is 2. The van der Waals surface area contributed by atoms with Crippen LogP contribution < -0.4 is 10.6 Å². The van der Waals surface area contributed by atoms with Gasteiger partial charge in [-0.25, -0.2) is 15.0 Å². The van der Waals surface area contributed by atoms with Crippen molar-refractivity contribution in [2.75, 3.05) is 11.9 Å². The van der Waals surface area contributed by atoms with E-state index >= 15 is 0 Å². The van der Waals surface area contributed by atoms with Crippen LogP contribution in [-0.2, 0) is 17.4 Å². The first-order chi connectivity index (χ1) is 18.5. The fourth-order valence-electron chi connectivity index (χ4n) is 4.20. The summed E-state index contributed by atoms with van der Waals surface area (Å²) < 4.78 is 79.4. The fraction of sp³-hybridized carbons (Fsp3) is 0.308. The lowest BCUT2D eigenvalue weighted by atomic mass is 9.93. The smallest absolute Gasteiger partial charge is 0.367 e. The predicted molar refractivity (Wildman–Crippen MR) is 131 cm³/mol. The second-order valence-corrected chi connectivity index (χ2v) is 9.28. The molecule has 0 aliphatic heterocycles. The van der Waals surface area contributed by atoms with Crippen LogP contribution in [0.5, 0.6) is 0 Å². The third-order valence-electron chi connectivity index (χ3n) is 6.39. The van der Waals surface area contributed by atoms with Gasteiger partial charge in [-0.05, 0) is 43.0 Å². The van der Waals surface area contributed by atoms with Gasteiger partial charge < -0.3 is 10.6 Å². The molecule has 1 saturated carbocycles. The Hall–Kier alpha value is -4.16. The number of carbonyl (C=O) groups is 1. The van der Waals surface area contributed by atoms with E-state index in [0.717, 1.165) is 25.5 Å². The minimum Gasteiger partial charge on any atom is -0.367 e. The highest BCUT2D eigenvalue weighted by molar-refractivity contribution is 5.79. The normalized spacial score (nSPS) is 14.3. The van der Waals surface area contributed by atoms with Gasteiger partial charge in [0.05, 0.1) is 18.3 Å². The van der Waals surface area contributed by atoms with Gasteiger partial charge in [0, 0.05) is 29.6 Å². The third-order valence-corrected chi connectivity index (χ3v) is 6.39. The number of hydrogen-bond donors (Lipinski definition) is 2. The van der Waals surface area contributed by atoms with E-state index in [4.69, 9.17) is 0 Å². The molecule has 0 spiro atoms. The average molecular weight is 548 g/mol. The maximum Gasteiger partial charge on any atom is 0.421 e. The van der Waals surface area contributed by atoms with Crippen LogP contribution in [0.4, 0.5) is 32.2 Å². The number of halogens is 6. The van der Waals surface area contributed by atoms with Crippen LogP contribution in [-0.4, -0.2) is 44.0 Å². The molecule has 0 radical (unpaired) electrons. The predicted octanol–water partition coefficient (Wildman–Crippen LogP) is 5.66. The van der Waals surface area contributed by atoms with Crippen LogP contribution in [0.2, 0.25) is 0 Å². The highest BCUT2D eigenvalue weighted by Crippen LogP contribution is 2.36. The molecular weight excluding hydrogens is 526 g/mol. The lowest BCUT2D eigenvalue weighted by Crippen LogP contribution is -2.34. The van der Waals surface area contributed by atoms with Gasteiger partial charge in [-0.3, -0.25) is 9.20 Å². The standard InChI is InChI=1S/C26H22F6N6O/c27-25(28,29)14-35-22(39)10-15-3-1-4-16(9-15)20-13-33-21-11-17(7-8-38(20)21)23-34-12-19(26(30,31)32)24(37-23)36-18-5-2-6-18/h1,3-4,7-9,11-13,18H,2,5-6,10,14H2,(H,35,39)(H,34,36,37). The molecule has 204 valence electrons. The summed E-state index contributed by atoms with van der Waals surface area (Å²) in [5.74, 6) is -0.893. The van der Waals surface area contributed by atoms with Crippen LogP contribution in [0.1, 0.15) is 30.4 Å². The zero-order valence-electron chi connectivity index (χ0n) is 20.3. The Morgan fingerprint density at radius 1 is 1.00 bits per heavy atom. The Balaban J connectivity index is 1.39. The molecule has 0 unspecified atom stereocenters. The van der Waals surface area contributed by atoms with Crippen LogP contribution in [0, 0.1) is 0 Å². The number of imidazole rings is 1. The monoisotopic (exact) mass is 548 g/mol. The van der Waals surface area contributed by atoms with E-state index < -0.39 is 30.4 Å². The molecule has 5 rings (SSSR count). The maximum absolute atomic E-state index is 13.5. The summed E-state index contributed by atoms with van der Waals surface area (Å²) in [4.78, 5) is 24.4. The van der Waals surface area contributed by atoms with Crippen molar-refractivity contribution in [1.29, 1.82) is 0 Å². The van der Waals surface area contributed by atoms with E-state index in [1.165, 1.54) is 0 Å². The molecule has 1 fully saturated rings.